The lowest BCUT2D eigenvalue weighted by Crippen LogP contribution is -2.17. The highest BCUT2D eigenvalue weighted by Gasteiger charge is 2.23. The molecule has 72 valence electrons. The second-order valence-electron chi connectivity index (χ2n) is 4.31. The Morgan fingerprint density at radius 3 is 2.67 bits per heavy atom. The van der Waals surface area contributed by atoms with E-state index in [0.29, 0.717) is 5.92 Å². The fraction of sp³-hybridized carbons (Fsp3) is 1.00. The van der Waals surface area contributed by atoms with E-state index < -0.39 is 0 Å². The van der Waals surface area contributed by atoms with Crippen molar-refractivity contribution in [2.75, 3.05) is 13.1 Å². The quantitative estimate of drug-likeness (QED) is 0.670. The van der Waals surface area contributed by atoms with Gasteiger partial charge >= 0.3 is 0 Å². The van der Waals surface area contributed by atoms with Gasteiger partial charge in [0.05, 0.1) is 6.10 Å². The van der Waals surface area contributed by atoms with Gasteiger partial charge < -0.3 is 10.4 Å². The molecule has 0 amide bonds. The van der Waals surface area contributed by atoms with E-state index in [1.165, 1.54) is 19.3 Å². The van der Waals surface area contributed by atoms with Crippen LogP contribution in [0.2, 0.25) is 0 Å². The number of hydrogen-bond acceptors (Lipinski definition) is 2. The highest BCUT2D eigenvalue weighted by Crippen LogP contribution is 2.18. The molecule has 1 fully saturated rings. The van der Waals surface area contributed by atoms with E-state index in [-0.39, 0.29) is 6.10 Å². The Balaban J connectivity index is 2.06. The van der Waals surface area contributed by atoms with Crippen molar-refractivity contribution < 1.29 is 5.11 Å². The van der Waals surface area contributed by atoms with Crippen LogP contribution in [0.3, 0.4) is 0 Å². The molecule has 0 bridgehead atoms. The molecule has 1 saturated heterocycles. The SMILES string of the molecule is CC(C)CCC[C@@H]1CNC[C@H]1O. The van der Waals surface area contributed by atoms with E-state index in [4.69, 9.17) is 0 Å². The summed E-state index contributed by atoms with van der Waals surface area (Å²) < 4.78 is 0. The van der Waals surface area contributed by atoms with Crippen molar-refractivity contribution >= 4 is 0 Å². The highest BCUT2D eigenvalue weighted by atomic mass is 16.3. The number of hydrogen-bond donors (Lipinski definition) is 2. The number of β-amino-alcohol motifs (C(OH)–C–C–N with tert-alkyl or cyclic N) is 1. The van der Waals surface area contributed by atoms with Crippen LogP contribution in [0.15, 0.2) is 0 Å². The predicted molar refractivity (Wildman–Crippen MR) is 51.1 cm³/mol. The van der Waals surface area contributed by atoms with Gasteiger partial charge in [-0.1, -0.05) is 26.7 Å². The molecule has 1 aliphatic rings. The fourth-order valence-corrected chi connectivity index (χ4v) is 1.80. The van der Waals surface area contributed by atoms with Crippen molar-refractivity contribution in [3.05, 3.63) is 0 Å². The molecular weight excluding hydrogens is 150 g/mol. The summed E-state index contributed by atoms with van der Waals surface area (Å²) >= 11 is 0. The zero-order valence-electron chi connectivity index (χ0n) is 8.21. The molecule has 0 unspecified atom stereocenters. The van der Waals surface area contributed by atoms with Gasteiger partial charge in [-0.15, -0.1) is 0 Å². The summed E-state index contributed by atoms with van der Waals surface area (Å²) in [7, 11) is 0. The first kappa shape index (κ1) is 10.0. The lowest BCUT2D eigenvalue weighted by molar-refractivity contribution is 0.140. The van der Waals surface area contributed by atoms with E-state index in [9.17, 15) is 5.11 Å². The summed E-state index contributed by atoms with van der Waals surface area (Å²) in [6.07, 6.45) is 3.66. The largest absolute Gasteiger partial charge is 0.391 e. The molecule has 0 aromatic heterocycles. The molecule has 0 aromatic rings. The molecular formula is C10H21NO. The van der Waals surface area contributed by atoms with Gasteiger partial charge in [-0.05, 0) is 18.3 Å². The molecule has 1 aliphatic heterocycles. The number of rotatable bonds is 4. The van der Waals surface area contributed by atoms with Crippen LogP contribution in [0.1, 0.15) is 33.1 Å². The van der Waals surface area contributed by atoms with Crippen LogP contribution in [0.5, 0.6) is 0 Å². The lowest BCUT2D eigenvalue weighted by Gasteiger charge is -2.13. The lowest BCUT2D eigenvalue weighted by atomic mass is 9.96. The van der Waals surface area contributed by atoms with Gasteiger partial charge in [-0.2, -0.15) is 0 Å². The third kappa shape index (κ3) is 3.11. The average molecular weight is 171 g/mol. The zero-order chi connectivity index (χ0) is 8.97. The topological polar surface area (TPSA) is 32.3 Å². The number of aliphatic hydroxyl groups is 1. The first-order valence-electron chi connectivity index (χ1n) is 5.09. The zero-order valence-corrected chi connectivity index (χ0v) is 8.21. The third-order valence-electron chi connectivity index (χ3n) is 2.66. The van der Waals surface area contributed by atoms with Crippen LogP contribution in [-0.4, -0.2) is 24.3 Å². The van der Waals surface area contributed by atoms with Crippen LogP contribution in [0, 0.1) is 11.8 Å². The van der Waals surface area contributed by atoms with Crippen LogP contribution >= 0.6 is 0 Å². The maximum atomic E-state index is 9.49. The van der Waals surface area contributed by atoms with Gasteiger partial charge in [-0.25, -0.2) is 0 Å². The molecule has 1 rings (SSSR count). The molecule has 0 spiro atoms. The summed E-state index contributed by atoms with van der Waals surface area (Å²) in [5, 5.41) is 12.7. The maximum Gasteiger partial charge on any atom is 0.0704 e. The smallest absolute Gasteiger partial charge is 0.0704 e. The predicted octanol–water partition coefficient (Wildman–Crippen LogP) is 1.39. The van der Waals surface area contributed by atoms with Crippen molar-refractivity contribution in [2.24, 2.45) is 11.8 Å². The minimum atomic E-state index is -0.0860. The van der Waals surface area contributed by atoms with Crippen LogP contribution < -0.4 is 5.32 Å². The normalized spacial score (nSPS) is 30.0. The van der Waals surface area contributed by atoms with E-state index in [0.717, 1.165) is 19.0 Å². The molecule has 0 aromatic carbocycles. The van der Waals surface area contributed by atoms with Crippen LogP contribution in [0.25, 0.3) is 0 Å². The van der Waals surface area contributed by atoms with E-state index in [2.05, 4.69) is 19.2 Å². The minimum absolute atomic E-state index is 0.0860. The standard InChI is InChI=1S/C10H21NO/c1-8(2)4-3-5-9-6-11-7-10(9)12/h8-12H,3-7H2,1-2H3/t9-,10-/m1/s1. The fourth-order valence-electron chi connectivity index (χ4n) is 1.80. The van der Waals surface area contributed by atoms with Crippen LogP contribution in [0.4, 0.5) is 0 Å². The monoisotopic (exact) mass is 171 g/mol. The highest BCUT2D eigenvalue weighted by molar-refractivity contribution is 4.80. The van der Waals surface area contributed by atoms with Crippen molar-refractivity contribution in [3.8, 4) is 0 Å². The van der Waals surface area contributed by atoms with Gasteiger partial charge in [0.2, 0.25) is 0 Å². The Labute approximate surface area is 75.4 Å². The summed E-state index contributed by atoms with van der Waals surface area (Å²) in [6.45, 7) is 6.32. The van der Waals surface area contributed by atoms with E-state index >= 15 is 0 Å². The van der Waals surface area contributed by atoms with Crippen molar-refractivity contribution in [2.45, 2.75) is 39.2 Å². The molecule has 12 heavy (non-hydrogen) atoms. The summed E-state index contributed by atoms with van der Waals surface area (Å²) in [6, 6.07) is 0. The van der Waals surface area contributed by atoms with Gasteiger partial charge in [0.25, 0.3) is 0 Å². The molecule has 2 atom stereocenters. The second-order valence-corrected chi connectivity index (χ2v) is 4.31. The molecule has 2 heteroatoms. The van der Waals surface area contributed by atoms with Crippen molar-refractivity contribution in [3.63, 3.8) is 0 Å². The van der Waals surface area contributed by atoms with Crippen LogP contribution in [-0.2, 0) is 0 Å². The van der Waals surface area contributed by atoms with Gasteiger partial charge in [0.1, 0.15) is 0 Å². The number of aliphatic hydroxyl groups excluding tert-OH is 1. The number of nitrogens with one attached hydrogen (secondary N) is 1. The van der Waals surface area contributed by atoms with Gasteiger partial charge in [0.15, 0.2) is 0 Å². The first-order chi connectivity index (χ1) is 5.70. The maximum absolute atomic E-state index is 9.49. The molecule has 2 nitrogen and oxygen atoms in total. The molecule has 0 aliphatic carbocycles. The van der Waals surface area contributed by atoms with Gasteiger partial charge in [0, 0.05) is 13.1 Å². The van der Waals surface area contributed by atoms with E-state index in [1.54, 1.807) is 0 Å². The minimum Gasteiger partial charge on any atom is -0.391 e. The molecule has 0 saturated carbocycles. The summed E-state index contributed by atoms with van der Waals surface area (Å²) in [4.78, 5) is 0. The Kier molecular flexibility index (Phi) is 4.02. The molecule has 2 N–H and O–H groups in total. The Bertz CT molecular complexity index is 125. The first-order valence-corrected chi connectivity index (χ1v) is 5.09. The second kappa shape index (κ2) is 4.83. The Hall–Kier alpha value is -0.0800. The Morgan fingerprint density at radius 1 is 1.42 bits per heavy atom. The van der Waals surface area contributed by atoms with Crippen molar-refractivity contribution in [1.82, 2.24) is 5.32 Å². The summed E-state index contributed by atoms with van der Waals surface area (Å²) in [5.74, 6) is 1.32. The Morgan fingerprint density at radius 2 is 2.17 bits per heavy atom. The van der Waals surface area contributed by atoms with E-state index in [1.807, 2.05) is 0 Å². The molecule has 0 radical (unpaired) electrons. The molecule has 1 heterocycles. The average Bonchev–Trinajstić information content (AvgIpc) is 2.36. The third-order valence-corrected chi connectivity index (χ3v) is 2.66. The van der Waals surface area contributed by atoms with Gasteiger partial charge in [-0.3, -0.25) is 0 Å². The summed E-state index contributed by atoms with van der Waals surface area (Å²) in [5.41, 5.74) is 0. The van der Waals surface area contributed by atoms with Crippen molar-refractivity contribution in [1.29, 1.82) is 0 Å².